The SMILES string of the molecule is CCN(CCOCCOC)CC(F)(F)F.O=S(=O)([N-]S(=O)(=O)C(F)(F)F)C(F)(F)F. The molecule has 19 heteroatoms. The van der Waals surface area contributed by atoms with Crippen LogP contribution in [0.4, 0.5) is 39.5 Å². The van der Waals surface area contributed by atoms with Gasteiger partial charge in [-0.15, -0.1) is 0 Å². The summed E-state index contributed by atoms with van der Waals surface area (Å²) in [6.07, 6.45) is -4.14. The molecule has 0 atom stereocenters. The highest BCUT2D eigenvalue weighted by atomic mass is 32.3. The summed E-state index contributed by atoms with van der Waals surface area (Å²) >= 11 is 0. The second kappa shape index (κ2) is 12.2. The molecule has 0 bridgehead atoms. The monoisotopic (exact) mass is 509 g/mol. The van der Waals surface area contributed by atoms with Crippen LogP contribution in [-0.2, 0) is 29.5 Å². The smallest absolute Gasteiger partial charge is 0.421 e. The second-order valence-corrected chi connectivity index (χ2v) is 8.43. The molecule has 0 spiro atoms. The maximum atomic E-state index is 12.0. The maximum Gasteiger partial charge on any atom is 0.480 e. The number of nitrogens with zero attached hydrogens (tertiary/aromatic N) is 2. The fourth-order valence-corrected chi connectivity index (χ4v) is 2.96. The third-order valence-corrected chi connectivity index (χ3v) is 5.35. The third kappa shape index (κ3) is 13.4. The van der Waals surface area contributed by atoms with Gasteiger partial charge in [0.2, 0.25) is 0 Å². The van der Waals surface area contributed by atoms with Crippen molar-refractivity contribution < 1.29 is 65.8 Å². The van der Waals surface area contributed by atoms with Crippen LogP contribution in [-0.4, -0.2) is 85.5 Å². The summed E-state index contributed by atoms with van der Waals surface area (Å²) in [4.78, 5) is 1.30. The largest absolute Gasteiger partial charge is 0.480 e. The van der Waals surface area contributed by atoms with Crippen LogP contribution in [0.1, 0.15) is 6.92 Å². The molecule has 0 saturated carbocycles. The van der Waals surface area contributed by atoms with Gasteiger partial charge in [-0.05, 0) is 6.54 Å². The summed E-state index contributed by atoms with van der Waals surface area (Å²) in [5.74, 6) is 0. The van der Waals surface area contributed by atoms with Crippen molar-refractivity contribution in [2.24, 2.45) is 0 Å². The number of halogens is 9. The van der Waals surface area contributed by atoms with Gasteiger partial charge in [0.1, 0.15) is 0 Å². The molecule has 0 aromatic heterocycles. The van der Waals surface area contributed by atoms with Crippen molar-refractivity contribution in [1.82, 2.24) is 4.90 Å². The van der Waals surface area contributed by atoms with Crippen molar-refractivity contribution in [1.29, 1.82) is 0 Å². The molecule has 0 aromatic rings. The van der Waals surface area contributed by atoms with Crippen LogP contribution in [0.3, 0.4) is 0 Å². The zero-order valence-electron chi connectivity index (χ0n) is 15.3. The average Bonchev–Trinajstić information content (AvgIpc) is 2.50. The standard InChI is InChI=1S/C9H18F3NO2.C2F6NO4S2/c1-3-13(8-9(10,11)12)4-5-15-7-6-14-2;3-1(4,5)14(10,11)9-15(12,13)2(6,7)8/h3-8H2,1-2H3;/q;-1. The van der Waals surface area contributed by atoms with Gasteiger partial charge in [0.15, 0.2) is 20.0 Å². The zero-order chi connectivity index (χ0) is 24.4. The van der Waals surface area contributed by atoms with Gasteiger partial charge in [-0.25, -0.2) is 16.8 Å². The number of ether oxygens (including phenoxy) is 2. The number of hydrogen-bond acceptors (Lipinski definition) is 7. The van der Waals surface area contributed by atoms with E-state index in [1.54, 1.807) is 14.0 Å². The number of likely N-dealkylation sites (N-methyl/N-ethyl adjacent to an activating group) is 1. The van der Waals surface area contributed by atoms with Crippen molar-refractivity contribution in [3.8, 4) is 0 Å². The van der Waals surface area contributed by atoms with Crippen LogP contribution < -0.4 is 0 Å². The Kier molecular flexibility index (Phi) is 12.8. The molecular weight excluding hydrogens is 491 g/mol. The van der Waals surface area contributed by atoms with E-state index in [2.05, 4.69) is 0 Å². The van der Waals surface area contributed by atoms with E-state index in [0.29, 0.717) is 32.9 Å². The molecule has 0 aromatic carbocycles. The lowest BCUT2D eigenvalue weighted by Gasteiger charge is -2.22. The molecule has 0 rings (SSSR count). The van der Waals surface area contributed by atoms with Gasteiger partial charge in [-0.3, -0.25) is 4.90 Å². The molecule has 0 amide bonds. The van der Waals surface area contributed by atoms with Crippen molar-refractivity contribution in [3.63, 3.8) is 0 Å². The summed E-state index contributed by atoms with van der Waals surface area (Å²) in [5, 5.41) is 0. The molecule has 0 unspecified atom stereocenters. The third-order valence-electron chi connectivity index (χ3n) is 2.61. The van der Waals surface area contributed by atoms with E-state index in [1.165, 1.54) is 4.90 Å². The van der Waals surface area contributed by atoms with E-state index >= 15 is 0 Å². The summed E-state index contributed by atoms with van der Waals surface area (Å²) in [5.41, 5.74) is -12.4. The lowest BCUT2D eigenvalue weighted by molar-refractivity contribution is -0.146. The van der Waals surface area contributed by atoms with Crippen LogP contribution in [0.25, 0.3) is 4.13 Å². The Bertz CT molecular complexity index is 647. The number of rotatable bonds is 10. The highest BCUT2D eigenvalue weighted by Gasteiger charge is 2.46. The second-order valence-electron chi connectivity index (χ2n) is 5.01. The average molecular weight is 509 g/mol. The van der Waals surface area contributed by atoms with E-state index in [-0.39, 0.29) is 0 Å². The summed E-state index contributed by atoms with van der Waals surface area (Å²) in [7, 11) is -11.9. The number of hydrogen-bond donors (Lipinski definition) is 0. The van der Waals surface area contributed by atoms with Crippen LogP contribution in [0, 0.1) is 0 Å². The predicted molar refractivity (Wildman–Crippen MR) is 84.2 cm³/mol. The van der Waals surface area contributed by atoms with Crippen LogP contribution in [0.2, 0.25) is 0 Å². The fourth-order valence-electron chi connectivity index (χ4n) is 1.25. The highest BCUT2D eigenvalue weighted by molar-refractivity contribution is 8.13. The van der Waals surface area contributed by atoms with E-state index in [4.69, 9.17) is 9.47 Å². The van der Waals surface area contributed by atoms with Crippen LogP contribution in [0.5, 0.6) is 0 Å². The lowest BCUT2D eigenvalue weighted by atomic mass is 10.4. The van der Waals surface area contributed by atoms with E-state index < -0.39 is 43.8 Å². The Morgan fingerprint density at radius 1 is 0.800 bits per heavy atom. The first-order valence-corrected chi connectivity index (χ1v) is 10.3. The topological polar surface area (TPSA) is 104 Å². The van der Waals surface area contributed by atoms with Gasteiger partial charge in [0.25, 0.3) is 0 Å². The molecular formula is C11H18F9N2O6S2-. The molecule has 0 aliphatic carbocycles. The Labute approximate surface area is 166 Å². The van der Waals surface area contributed by atoms with Crippen LogP contribution in [0.15, 0.2) is 0 Å². The van der Waals surface area contributed by atoms with Crippen molar-refractivity contribution in [2.45, 2.75) is 24.1 Å². The minimum absolute atomic E-state index is 0.291. The molecule has 0 radical (unpaired) electrons. The Balaban J connectivity index is 0. The summed E-state index contributed by atoms with van der Waals surface area (Å²) < 4.78 is 155. The maximum absolute atomic E-state index is 12.0. The highest BCUT2D eigenvalue weighted by Crippen LogP contribution is 2.36. The normalized spacial score (nSPS) is 13.9. The number of sulfonamides is 2. The lowest BCUT2D eigenvalue weighted by Crippen LogP contribution is -2.36. The first kappa shape index (κ1) is 31.3. The predicted octanol–water partition coefficient (Wildman–Crippen LogP) is 2.59. The zero-order valence-corrected chi connectivity index (χ0v) is 16.9. The van der Waals surface area contributed by atoms with Crippen molar-refractivity contribution in [2.75, 3.05) is 46.6 Å². The molecule has 0 aliphatic heterocycles. The molecule has 0 fully saturated rings. The first-order valence-electron chi connectivity index (χ1n) is 7.42. The van der Waals surface area contributed by atoms with Gasteiger partial charge >= 0.3 is 17.2 Å². The van der Waals surface area contributed by atoms with Gasteiger partial charge in [0, 0.05) is 13.7 Å². The Morgan fingerprint density at radius 3 is 1.53 bits per heavy atom. The summed E-state index contributed by atoms with van der Waals surface area (Å²) in [6, 6.07) is 0. The molecule has 0 saturated heterocycles. The number of alkyl halides is 9. The molecule has 0 N–H and O–H groups in total. The molecule has 184 valence electrons. The van der Waals surface area contributed by atoms with Crippen LogP contribution >= 0.6 is 0 Å². The van der Waals surface area contributed by atoms with Crippen molar-refractivity contribution >= 4 is 20.0 Å². The molecule has 30 heavy (non-hydrogen) atoms. The Hall–Kier alpha value is -0.890. The van der Waals surface area contributed by atoms with E-state index in [1.807, 2.05) is 0 Å². The fraction of sp³-hybridized carbons (Fsp3) is 1.00. The van der Waals surface area contributed by atoms with Crippen molar-refractivity contribution in [3.05, 3.63) is 4.13 Å². The summed E-state index contributed by atoms with van der Waals surface area (Å²) in [6.45, 7) is 2.66. The molecule has 0 heterocycles. The van der Waals surface area contributed by atoms with Gasteiger partial charge in [-0.2, -0.15) is 39.5 Å². The number of methoxy groups -OCH3 is 1. The van der Waals surface area contributed by atoms with Gasteiger partial charge < -0.3 is 13.6 Å². The minimum atomic E-state index is -6.72. The molecule has 0 aliphatic rings. The van der Waals surface area contributed by atoms with Gasteiger partial charge in [0.05, 0.1) is 26.4 Å². The quantitative estimate of drug-likeness (QED) is 0.329. The minimum Gasteiger partial charge on any atom is -0.421 e. The Morgan fingerprint density at radius 2 is 1.23 bits per heavy atom. The molecule has 8 nitrogen and oxygen atoms in total. The van der Waals surface area contributed by atoms with Gasteiger partial charge in [-0.1, -0.05) is 6.92 Å². The van der Waals surface area contributed by atoms with E-state index in [0.717, 1.165) is 4.13 Å². The van der Waals surface area contributed by atoms with E-state index in [9.17, 15) is 56.3 Å². The first-order chi connectivity index (χ1) is 13.2.